The molecule has 1 aromatic carbocycles. The van der Waals surface area contributed by atoms with Gasteiger partial charge < -0.3 is 5.11 Å². The van der Waals surface area contributed by atoms with Crippen LogP contribution in [0, 0.1) is 10.1 Å². The Morgan fingerprint density at radius 3 is 2.80 bits per heavy atom. The molecule has 1 N–H and O–H groups in total. The maximum Gasteiger partial charge on any atom is 0.278 e. The molecule has 0 aliphatic rings. The van der Waals surface area contributed by atoms with E-state index in [4.69, 9.17) is 5.11 Å². The van der Waals surface area contributed by atoms with Gasteiger partial charge >= 0.3 is 0 Å². The van der Waals surface area contributed by atoms with Crippen molar-refractivity contribution in [3.8, 4) is 0 Å². The molecule has 0 aliphatic heterocycles. The molecule has 0 bridgehead atoms. The molecule has 0 saturated heterocycles. The van der Waals surface area contributed by atoms with E-state index in [9.17, 15) is 10.1 Å². The molecule has 0 aromatic heterocycles. The van der Waals surface area contributed by atoms with Gasteiger partial charge in [0.15, 0.2) is 0 Å². The summed E-state index contributed by atoms with van der Waals surface area (Å²) < 4.78 is 0. The fourth-order valence-corrected chi connectivity index (χ4v) is 1.46. The third-order valence-electron chi connectivity index (χ3n) is 2.35. The van der Waals surface area contributed by atoms with Crippen LogP contribution in [-0.4, -0.2) is 10.0 Å². The van der Waals surface area contributed by atoms with E-state index >= 15 is 0 Å². The zero-order chi connectivity index (χ0) is 11.4. The zero-order valence-electron chi connectivity index (χ0n) is 8.51. The number of para-hydroxylation sites is 1. The number of nitro benzene ring substituents is 1. The lowest BCUT2D eigenvalue weighted by Gasteiger charge is -2.09. The molecule has 80 valence electrons. The highest BCUT2D eigenvalue weighted by molar-refractivity contribution is 5.50. The molecule has 0 saturated carbocycles. The van der Waals surface area contributed by atoms with Crippen molar-refractivity contribution < 1.29 is 10.0 Å². The summed E-state index contributed by atoms with van der Waals surface area (Å²) in [6.45, 7) is 5.11. The highest BCUT2D eigenvalue weighted by atomic mass is 16.6. The van der Waals surface area contributed by atoms with Crippen molar-refractivity contribution in [2.24, 2.45) is 0 Å². The molecule has 0 aliphatic carbocycles. The van der Waals surface area contributed by atoms with Crippen LogP contribution in [0.15, 0.2) is 30.9 Å². The van der Waals surface area contributed by atoms with E-state index in [0.717, 1.165) is 0 Å². The van der Waals surface area contributed by atoms with Gasteiger partial charge in [-0.15, -0.1) is 6.58 Å². The standard InChI is InChI=1S/C11H13NO3/c1-3-8(2)10-6-4-5-9(7-13)11(10)12(14)15/h3-6,8,13H,1,7H2,2H3. The van der Waals surface area contributed by atoms with Gasteiger partial charge in [0.1, 0.15) is 0 Å². The predicted octanol–water partition coefficient (Wildman–Crippen LogP) is 2.38. The van der Waals surface area contributed by atoms with Crippen LogP contribution in [0.5, 0.6) is 0 Å². The molecular weight excluding hydrogens is 194 g/mol. The number of rotatable bonds is 4. The van der Waals surface area contributed by atoms with Gasteiger partial charge in [0.25, 0.3) is 5.69 Å². The molecule has 0 heterocycles. The van der Waals surface area contributed by atoms with Crippen LogP contribution >= 0.6 is 0 Å². The predicted molar refractivity (Wildman–Crippen MR) is 57.6 cm³/mol. The Balaban J connectivity index is 3.37. The van der Waals surface area contributed by atoms with Gasteiger partial charge in [-0.3, -0.25) is 10.1 Å². The van der Waals surface area contributed by atoms with E-state index in [1.807, 2.05) is 6.92 Å². The van der Waals surface area contributed by atoms with Crippen LogP contribution in [-0.2, 0) is 6.61 Å². The van der Waals surface area contributed by atoms with Crippen molar-refractivity contribution in [1.29, 1.82) is 0 Å². The summed E-state index contributed by atoms with van der Waals surface area (Å²) in [5, 5.41) is 19.9. The molecule has 1 rings (SSSR count). The van der Waals surface area contributed by atoms with Crippen LogP contribution in [0.1, 0.15) is 24.0 Å². The second-order valence-electron chi connectivity index (χ2n) is 3.29. The second-order valence-corrected chi connectivity index (χ2v) is 3.29. The minimum atomic E-state index is -0.457. The molecule has 0 fully saturated rings. The first-order valence-corrected chi connectivity index (χ1v) is 4.61. The van der Waals surface area contributed by atoms with E-state index in [0.29, 0.717) is 11.1 Å². The van der Waals surface area contributed by atoms with Gasteiger partial charge in [0.2, 0.25) is 0 Å². The first-order chi connectivity index (χ1) is 7.11. The Morgan fingerprint density at radius 1 is 1.67 bits per heavy atom. The Labute approximate surface area is 88.0 Å². The third kappa shape index (κ3) is 2.22. The van der Waals surface area contributed by atoms with E-state index in [2.05, 4.69) is 6.58 Å². The summed E-state index contributed by atoms with van der Waals surface area (Å²) in [5.41, 5.74) is 0.917. The van der Waals surface area contributed by atoms with Crippen LogP contribution in [0.2, 0.25) is 0 Å². The van der Waals surface area contributed by atoms with E-state index in [-0.39, 0.29) is 18.2 Å². The number of hydrogen-bond acceptors (Lipinski definition) is 3. The quantitative estimate of drug-likeness (QED) is 0.468. The molecular formula is C11H13NO3. The largest absolute Gasteiger partial charge is 0.391 e. The highest BCUT2D eigenvalue weighted by Crippen LogP contribution is 2.30. The lowest BCUT2D eigenvalue weighted by molar-refractivity contribution is -0.386. The number of aliphatic hydroxyl groups is 1. The number of allylic oxidation sites excluding steroid dienone is 1. The minimum Gasteiger partial charge on any atom is -0.391 e. The minimum absolute atomic E-state index is 0.00704. The maximum atomic E-state index is 10.9. The molecule has 4 nitrogen and oxygen atoms in total. The van der Waals surface area contributed by atoms with Crippen LogP contribution < -0.4 is 0 Å². The summed E-state index contributed by atoms with van der Waals surface area (Å²) >= 11 is 0. The fraction of sp³-hybridized carbons (Fsp3) is 0.273. The summed E-state index contributed by atoms with van der Waals surface area (Å²) in [6.07, 6.45) is 1.64. The molecule has 15 heavy (non-hydrogen) atoms. The van der Waals surface area contributed by atoms with Crippen LogP contribution in [0.25, 0.3) is 0 Å². The molecule has 0 radical (unpaired) electrons. The van der Waals surface area contributed by atoms with Crippen LogP contribution in [0.3, 0.4) is 0 Å². The fourth-order valence-electron chi connectivity index (χ4n) is 1.46. The molecule has 0 spiro atoms. The van der Waals surface area contributed by atoms with Crippen molar-refractivity contribution >= 4 is 5.69 Å². The average molecular weight is 207 g/mol. The van der Waals surface area contributed by atoms with E-state index in [1.165, 1.54) is 0 Å². The summed E-state index contributed by atoms with van der Waals surface area (Å²) in [5.74, 6) is -0.100. The lowest BCUT2D eigenvalue weighted by Crippen LogP contribution is -2.02. The summed E-state index contributed by atoms with van der Waals surface area (Å²) in [4.78, 5) is 10.4. The zero-order valence-corrected chi connectivity index (χ0v) is 8.51. The van der Waals surface area contributed by atoms with Crippen molar-refractivity contribution in [3.05, 3.63) is 52.1 Å². The Hall–Kier alpha value is -1.68. The average Bonchev–Trinajstić information content (AvgIpc) is 2.26. The van der Waals surface area contributed by atoms with Gasteiger partial charge in [-0.05, 0) is 6.07 Å². The van der Waals surface area contributed by atoms with Crippen molar-refractivity contribution in [2.75, 3.05) is 0 Å². The van der Waals surface area contributed by atoms with Crippen molar-refractivity contribution in [2.45, 2.75) is 19.4 Å². The molecule has 1 unspecified atom stereocenters. The Morgan fingerprint density at radius 2 is 2.33 bits per heavy atom. The summed E-state index contributed by atoms with van der Waals surface area (Å²) in [7, 11) is 0. The number of hydrogen-bond donors (Lipinski definition) is 1. The van der Waals surface area contributed by atoms with E-state index in [1.54, 1.807) is 24.3 Å². The Kier molecular flexibility index (Phi) is 3.57. The molecule has 4 heteroatoms. The van der Waals surface area contributed by atoms with Crippen molar-refractivity contribution in [3.63, 3.8) is 0 Å². The SMILES string of the molecule is C=CC(C)c1cccc(CO)c1[N+](=O)[O-]. The summed E-state index contributed by atoms with van der Waals surface area (Å²) in [6, 6.07) is 4.94. The third-order valence-corrected chi connectivity index (χ3v) is 2.35. The van der Waals surface area contributed by atoms with Crippen LogP contribution in [0.4, 0.5) is 5.69 Å². The number of benzene rings is 1. The molecule has 1 aromatic rings. The van der Waals surface area contributed by atoms with Gasteiger partial charge in [-0.25, -0.2) is 0 Å². The van der Waals surface area contributed by atoms with Gasteiger partial charge in [-0.2, -0.15) is 0 Å². The number of nitrogens with zero attached hydrogens (tertiary/aromatic N) is 1. The first kappa shape index (κ1) is 11.4. The van der Waals surface area contributed by atoms with Crippen molar-refractivity contribution in [1.82, 2.24) is 0 Å². The lowest BCUT2D eigenvalue weighted by atomic mass is 9.97. The normalized spacial score (nSPS) is 12.1. The number of aliphatic hydroxyl groups excluding tert-OH is 1. The topological polar surface area (TPSA) is 63.4 Å². The smallest absolute Gasteiger partial charge is 0.278 e. The maximum absolute atomic E-state index is 10.9. The molecule has 1 atom stereocenters. The highest BCUT2D eigenvalue weighted by Gasteiger charge is 2.20. The second kappa shape index (κ2) is 4.70. The molecule has 0 amide bonds. The van der Waals surface area contributed by atoms with Gasteiger partial charge in [0, 0.05) is 11.5 Å². The monoisotopic (exact) mass is 207 g/mol. The Bertz CT molecular complexity index is 387. The number of nitro groups is 1. The first-order valence-electron chi connectivity index (χ1n) is 4.61. The van der Waals surface area contributed by atoms with Gasteiger partial charge in [-0.1, -0.05) is 25.1 Å². The van der Waals surface area contributed by atoms with Gasteiger partial charge in [0.05, 0.1) is 17.1 Å². The van der Waals surface area contributed by atoms with E-state index < -0.39 is 4.92 Å².